The van der Waals surface area contributed by atoms with Crippen molar-refractivity contribution in [2.24, 2.45) is 0 Å². The maximum Gasteiger partial charge on any atom is 0.301 e. The van der Waals surface area contributed by atoms with Gasteiger partial charge in [0.05, 0.1) is 35.5 Å². The molecule has 7 nitrogen and oxygen atoms in total. The van der Waals surface area contributed by atoms with E-state index in [-0.39, 0.29) is 11.3 Å². The van der Waals surface area contributed by atoms with E-state index in [2.05, 4.69) is 4.98 Å². The first-order chi connectivity index (χ1) is 17.4. The molecule has 1 unspecified atom stereocenters. The van der Waals surface area contributed by atoms with Crippen molar-refractivity contribution in [1.82, 2.24) is 4.98 Å². The molecule has 1 aliphatic rings. The summed E-state index contributed by atoms with van der Waals surface area (Å²) < 4.78 is 11.8. The molecule has 5 rings (SSSR count). The predicted molar refractivity (Wildman–Crippen MR) is 140 cm³/mol. The van der Waals surface area contributed by atoms with E-state index in [1.54, 1.807) is 55.6 Å². The first-order valence-corrected chi connectivity index (χ1v) is 12.3. The SMILES string of the molecule is CCOc1ccc(/C(O)=C2\C(=O)C(=O)N(c3nc4ccc(C)cc4s3)C2c2cccc(OC)c2)cc1. The number of aliphatic hydroxyl groups is 1. The number of benzene rings is 3. The number of aromatic nitrogens is 1. The lowest BCUT2D eigenvalue weighted by molar-refractivity contribution is -0.132. The molecule has 0 aliphatic carbocycles. The Morgan fingerprint density at radius 1 is 1.06 bits per heavy atom. The lowest BCUT2D eigenvalue weighted by Crippen LogP contribution is -2.29. The molecule has 0 bridgehead atoms. The molecule has 182 valence electrons. The number of nitrogens with zero attached hydrogens (tertiary/aromatic N) is 2. The van der Waals surface area contributed by atoms with Crippen LogP contribution < -0.4 is 14.4 Å². The van der Waals surface area contributed by atoms with E-state index >= 15 is 0 Å². The van der Waals surface area contributed by atoms with Gasteiger partial charge in [0, 0.05) is 5.56 Å². The van der Waals surface area contributed by atoms with Crippen molar-refractivity contribution in [2.45, 2.75) is 19.9 Å². The Hall–Kier alpha value is -4.17. The molecule has 3 aromatic carbocycles. The number of ketones is 1. The molecule has 1 amide bonds. The third kappa shape index (κ3) is 4.09. The molecule has 1 N–H and O–H groups in total. The number of carbonyl (C=O) groups is 2. The number of fused-ring (bicyclic) bond motifs is 1. The largest absolute Gasteiger partial charge is 0.507 e. The number of aryl methyl sites for hydroxylation is 1. The van der Waals surface area contributed by atoms with E-state index < -0.39 is 17.7 Å². The van der Waals surface area contributed by atoms with Crippen molar-refractivity contribution in [3.63, 3.8) is 0 Å². The Morgan fingerprint density at radius 2 is 1.83 bits per heavy atom. The third-order valence-electron chi connectivity index (χ3n) is 6.03. The van der Waals surface area contributed by atoms with E-state index in [9.17, 15) is 14.7 Å². The number of hydrogen-bond donors (Lipinski definition) is 1. The van der Waals surface area contributed by atoms with E-state index in [1.165, 1.54) is 16.2 Å². The molecule has 36 heavy (non-hydrogen) atoms. The fraction of sp³-hybridized carbons (Fsp3) is 0.179. The summed E-state index contributed by atoms with van der Waals surface area (Å²) in [6, 6.07) is 18.8. The smallest absolute Gasteiger partial charge is 0.301 e. The average molecular weight is 501 g/mol. The standard InChI is InChI=1S/C28H24N2O5S/c1-4-35-19-11-9-17(10-12-19)25(31)23-24(18-6-5-7-20(15-18)34-3)30(27(33)26(23)32)28-29-21-13-8-16(2)14-22(21)36-28/h5-15,24,31H,4H2,1-3H3/b25-23+. The minimum absolute atomic E-state index is 0.00662. The quantitative estimate of drug-likeness (QED) is 0.209. The lowest BCUT2D eigenvalue weighted by atomic mass is 9.95. The van der Waals surface area contributed by atoms with Crippen molar-refractivity contribution in [2.75, 3.05) is 18.6 Å². The topological polar surface area (TPSA) is 89.0 Å². The molecule has 1 aliphatic heterocycles. The van der Waals surface area contributed by atoms with Crippen LogP contribution in [0.1, 0.15) is 29.7 Å². The first kappa shape index (κ1) is 23.6. The molecule has 1 fully saturated rings. The van der Waals surface area contributed by atoms with Gasteiger partial charge in [0.1, 0.15) is 17.3 Å². The van der Waals surface area contributed by atoms with Crippen LogP contribution in [0.25, 0.3) is 16.0 Å². The lowest BCUT2D eigenvalue weighted by Gasteiger charge is -2.23. The van der Waals surface area contributed by atoms with Crippen LogP contribution in [0.15, 0.2) is 72.3 Å². The number of amides is 1. The molecule has 0 radical (unpaired) electrons. The highest BCUT2D eigenvalue weighted by Gasteiger charge is 2.48. The van der Waals surface area contributed by atoms with Crippen LogP contribution in [0.5, 0.6) is 11.5 Å². The molecular formula is C28H24N2O5S. The second-order valence-corrected chi connectivity index (χ2v) is 9.38. The van der Waals surface area contributed by atoms with Gasteiger partial charge in [0.15, 0.2) is 5.13 Å². The van der Waals surface area contributed by atoms with Gasteiger partial charge in [-0.3, -0.25) is 14.5 Å². The van der Waals surface area contributed by atoms with Crippen molar-refractivity contribution >= 4 is 44.1 Å². The summed E-state index contributed by atoms with van der Waals surface area (Å²) in [6.45, 7) is 4.37. The van der Waals surface area contributed by atoms with Gasteiger partial charge in [0.25, 0.3) is 5.78 Å². The number of hydrogen-bond acceptors (Lipinski definition) is 7. The van der Waals surface area contributed by atoms with E-state index in [0.29, 0.717) is 34.4 Å². The number of ether oxygens (including phenoxy) is 2. The Morgan fingerprint density at radius 3 is 2.56 bits per heavy atom. The zero-order chi connectivity index (χ0) is 25.4. The molecule has 4 aromatic rings. The fourth-order valence-corrected chi connectivity index (χ4v) is 5.40. The second-order valence-electron chi connectivity index (χ2n) is 8.37. The predicted octanol–water partition coefficient (Wildman–Crippen LogP) is 5.64. The van der Waals surface area contributed by atoms with Gasteiger partial charge in [-0.1, -0.05) is 29.5 Å². The number of Topliss-reactive ketones (excluding diaryl/α,β-unsaturated/α-hetero) is 1. The maximum absolute atomic E-state index is 13.4. The monoisotopic (exact) mass is 500 g/mol. The zero-order valence-corrected chi connectivity index (χ0v) is 20.8. The molecule has 1 atom stereocenters. The number of methoxy groups -OCH3 is 1. The minimum Gasteiger partial charge on any atom is -0.507 e. The Kier molecular flexibility index (Phi) is 6.20. The highest BCUT2D eigenvalue weighted by atomic mass is 32.1. The van der Waals surface area contributed by atoms with E-state index in [1.807, 2.05) is 32.0 Å². The summed E-state index contributed by atoms with van der Waals surface area (Å²) in [6.07, 6.45) is 0. The maximum atomic E-state index is 13.4. The van der Waals surface area contributed by atoms with Gasteiger partial charge in [-0.05, 0) is 73.5 Å². The van der Waals surface area contributed by atoms with Crippen LogP contribution in [0.3, 0.4) is 0 Å². The number of thiazole rings is 1. The summed E-state index contributed by atoms with van der Waals surface area (Å²) >= 11 is 1.33. The van der Waals surface area contributed by atoms with Gasteiger partial charge in [-0.2, -0.15) is 0 Å². The normalized spacial score (nSPS) is 17.1. The van der Waals surface area contributed by atoms with E-state index in [4.69, 9.17) is 9.47 Å². The van der Waals surface area contributed by atoms with Crippen LogP contribution in [-0.4, -0.2) is 35.5 Å². The summed E-state index contributed by atoms with van der Waals surface area (Å²) in [7, 11) is 1.55. The first-order valence-electron chi connectivity index (χ1n) is 11.5. The van der Waals surface area contributed by atoms with Crippen molar-refractivity contribution in [3.8, 4) is 11.5 Å². The number of rotatable bonds is 6. The van der Waals surface area contributed by atoms with Crippen LogP contribution in [0.2, 0.25) is 0 Å². The van der Waals surface area contributed by atoms with Crippen molar-refractivity contribution in [3.05, 3.63) is 89.0 Å². The summed E-state index contributed by atoms with van der Waals surface area (Å²) in [4.78, 5) is 32.8. The van der Waals surface area contributed by atoms with Gasteiger partial charge >= 0.3 is 5.91 Å². The van der Waals surface area contributed by atoms with Crippen molar-refractivity contribution < 1.29 is 24.2 Å². The Labute approximate surface area is 212 Å². The number of carbonyl (C=O) groups excluding carboxylic acids is 2. The number of aliphatic hydroxyl groups excluding tert-OH is 1. The number of anilines is 1. The zero-order valence-electron chi connectivity index (χ0n) is 20.0. The van der Waals surface area contributed by atoms with E-state index in [0.717, 1.165) is 15.8 Å². The van der Waals surface area contributed by atoms with Crippen LogP contribution in [0, 0.1) is 6.92 Å². The van der Waals surface area contributed by atoms with Gasteiger partial charge in [-0.15, -0.1) is 0 Å². The highest BCUT2D eigenvalue weighted by molar-refractivity contribution is 7.22. The summed E-state index contributed by atoms with van der Waals surface area (Å²) in [5.41, 5.74) is 2.83. The second kappa shape index (κ2) is 9.47. The molecule has 1 saturated heterocycles. The minimum atomic E-state index is -0.881. The molecule has 8 heteroatoms. The molecule has 0 saturated carbocycles. The molecule has 1 aromatic heterocycles. The highest BCUT2D eigenvalue weighted by Crippen LogP contribution is 2.45. The van der Waals surface area contributed by atoms with Crippen LogP contribution in [-0.2, 0) is 9.59 Å². The van der Waals surface area contributed by atoms with Crippen LogP contribution in [0.4, 0.5) is 5.13 Å². The summed E-state index contributed by atoms with van der Waals surface area (Å²) in [5.74, 6) is -0.568. The summed E-state index contributed by atoms with van der Waals surface area (Å²) in [5, 5.41) is 11.7. The van der Waals surface area contributed by atoms with Crippen molar-refractivity contribution in [1.29, 1.82) is 0 Å². The average Bonchev–Trinajstić information content (AvgIpc) is 3.42. The fourth-order valence-electron chi connectivity index (χ4n) is 4.31. The molecular weight excluding hydrogens is 476 g/mol. The Balaban J connectivity index is 1.69. The van der Waals surface area contributed by atoms with Gasteiger partial charge < -0.3 is 14.6 Å². The molecule has 2 heterocycles. The van der Waals surface area contributed by atoms with Gasteiger partial charge in [-0.25, -0.2) is 4.98 Å². The Bertz CT molecular complexity index is 1510. The molecule has 0 spiro atoms. The van der Waals surface area contributed by atoms with Gasteiger partial charge in [0.2, 0.25) is 0 Å². The third-order valence-corrected chi connectivity index (χ3v) is 7.05. The van der Waals surface area contributed by atoms with Crippen LogP contribution >= 0.6 is 11.3 Å².